The summed E-state index contributed by atoms with van der Waals surface area (Å²) in [6.45, 7) is 6.41. The van der Waals surface area contributed by atoms with E-state index in [1.807, 2.05) is 0 Å². The summed E-state index contributed by atoms with van der Waals surface area (Å²) in [5.41, 5.74) is 2.37. The summed E-state index contributed by atoms with van der Waals surface area (Å²) in [4.78, 5) is 2.33. The fraction of sp³-hybridized carbons (Fsp3) is 0.600. The lowest BCUT2D eigenvalue weighted by Gasteiger charge is -2.22. The van der Waals surface area contributed by atoms with E-state index in [0.29, 0.717) is 0 Å². The first-order chi connectivity index (χ1) is 8.74. The van der Waals surface area contributed by atoms with Crippen molar-refractivity contribution in [3.05, 3.63) is 24.3 Å². The van der Waals surface area contributed by atoms with Crippen molar-refractivity contribution in [1.29, 1.82) is 0 Å². The van der Waals surface area contributed by atoms with E-state index < -0.39 is 0 Å². The van der Waals surface area contributed by atoms with Crippen LogP contribution in [0.5, 0.6) is 0 Å². The Bertz CT molecular complexity index is 359. The minimum Gasteiger partial charge on any atom is -0.391 e. The van der Waals surface area contributed by atoms with Gasteiger partial charge in [-0.05, 0) is 57.4 Å². The molecule has 0 aromatic heterocycles. The van der Waals surface area contributed by atoms with Gasteiger partial charge in [0.1, 0.15) is 0 Å². The van der Waals surface area contributed by atoms with Crippen molar-refractivity contribution in [2.75, 3.05) is 23.3 Å². The van der Waals surface area contributed by atoms with Gasteiger partial charge < -0.3 is 15.3 Å². The molecular weight excluding hydrogens is 224 g/mol. The highest BCUT2D eigenvalue weighted by Crippen LogP contribution is 2.24. The smallest absolute Gasteiger partial charge is 0.0741 e. The van der Waals surface area contributed by atoms with Gasteiger partial charge in [0.2, 0.25) is 0 Å². The van der Waals surface area contributed by atoms with Crippen LogP contribution in [-0.2, 0) is 0 Å². The largest absolute Gasteiger partial charge is 0.391 e. The fourth-order valence-electron chi connectivity index (χ4n) is 2.68. The average molecular weight is 248 g/mol. The molecule has 0 spiro atoms. The Balaban J connectivity index is 1.99. The van der Waals surface area contributed by atoms with Crippen molar-refractivity contribution in [3.8, 4) is 0 Å². The van der Waals surface area contributed by atoms with Gasteiger partial charge in [-0.1, -0.05) is 0 Å². The molecule has 1 aromatic rings. The summed E-state index contributed by atoms with van der Waals surface area (Å²) in [5, 5.41) is 13.2. The van der Waals surface area contributed by atoms with Gasteiger partial charge in [-0.25, -0.2) is 0 Å². The molecule has 2 rings (SSSR count). The Kier molecular flexibility index (Phi) is 4.48. The predicted molar refractivity (Wildman–Crippen MR) is 77.3 cm³/mol. The van der Waals surface area contributed by atoms with Crippen LogP contribution in [0.15, 0.2) is 24.3 Å². The van der Waals surface area contributed by atoms with Crippen LogP contribution in [0.2, 0.25) is 0 Å². The number of anilines is 2. The van der Waals surface area contributed by atoms with E-state index in [0.717, 1.165) is 38.0 Å². The zero-order valence-electron chi connectivity index (χ0n) is 11.4. The second-order valence-corrected chi connectivity index (χ2v) is 4.97. The molecule has 0 aliphatic heterocycles. The van der Waals surface area contributed by atoms with Crippen molar-refractivity contribution in [1.82, 2.24) is 0 Å². The molecule has 3 heteroatoms. The minimum atomic E-state index is -0.188. The number of nitrogens with one attached hydrogen (secondary N) is 1. The third-order valence-corrected chi connectivity index (χ3v) is 3.83. The Labute approximate surface area is 110 Å². The van der Waals surface area contributed by atoms with E-state index in [4.69, 9.17) is 0 Å². The average Bonchev–Trinajstić information content (AvgIpc) is 2.79. The van der Waals surface area contributed by atoms with Crippen molar-refractivity contribution >= 4 is 11.4 Å². The maximum Gasteiger partial charge on any atom is 0.0741 e. The van der Waals surface area contributed by atoms with Crippen LogP contribution in [0.3, 0.4) is 0 Å². The first-order valence-electron chi connectivity index (χ1n) is 7.04. The lowest BCUT2D eigenvalue weighted by Crippen LogP contribution is -2.27. The molecule has 1 aliphatic carbocycles. The van der Waals surface area contributed by atoms with Gasteiger partial charge in [0.25, 0.3) is 0 Å². The van der Waals surface area contributed by atoms with Crippen molar-refractivity contribution in [2.45, 2.75) is 45.3 Å². The Hall–Kier alpha value is -1.22. The van der Waals surface area contributed by atoms with Crippen molar-refractivity contribution < 1.29 is 5.11 Å². The quantitative estimate of drug-likeness (QED) is 0.841. The number of benzene rings is 1. The van der Waals surface area contributed by atoms with Crippen LogP contribution in [0.4, 0.5) is 11.4 Å². The van der Waals surface area contributed by atoms with E-state index in [1.54, 1.807) is 0 Å². The highest BCUT2D eigenvalue weighted by Gasteiger charge is 2.24. The molecule has 1 saturated carbocycles. The zero-order valence-corrected chi connectivity index (χ0v) is 11.4. The van der Waals surface area contributed by atoms with E-state index in [1.165, 1.54) is 5.69 Å². The number of hydrogen-bond donors (Lipinski definition) is 2. The molecule has 2 atom stereocenters. The number of nitrogens with zero attached hydrogens (tertiary/aromatic N) is 1. The molecule has 2 N–H and O–H groups in total. The molecule has 0 heterocycles. The van der Waals surface area contributed by atoms with Crippen LogP contribution in [0.25, 0.3) is 0 Å². The predicted octanol–water partition coefficient (Wildman–Crippen LogP) is 2.86. The Morgan fingerprint density at radius 2 is 1.83 bits per heavy atom. The first kappa shape index (κ1) is 13.2. The standard InChI is InChI=1S/C15H24N2O/c1-3-17(4-2)13-10-8-12(9-11-13)16-14-6-5-7-15(14)18/h8-11,14-16,18H,3-7H2,1-2H3. The summed E-state index contributed by atoms with van der Waals surface area (Å²) in [5.74, 6) is 0. The third-order valence-electron chi connectivity index (χ3n) is 3.83. The summed E-state index contributed by atoms with van der Waals surface area (Å²) >= 11 is 0. The van der Waals surface area contributed by atoms with Gasteiger partial charge in [-0.3, -0.25) is 0 Å². The van der Waals surface area contributed by atoms with E-state index in [-0.39, 0.29) is 12.1 Å². The maximum absolute atomic E-state index is 9.80. The lowest BCUT2D eigenvalue weighted by molar-refractivity contribution is 0.172. The van der Waals surface area contributed by atoms with E-state index in [2.05, 4.69) is 48.3 Å². The van der Waals surface area contributed by atoms with Gasteiger partial charge in [0.15, 0.2) is 0 Å². The first-order valence-corrected chi connectivity index (χ1v) is 7.04. The van der Waals surface area contributed by atoms with Crippen LogP contribution in [-0.4, -0.2) is 30.3 Å². The van der Waals surface area contributed by atoms with Crippen LogP contribution < -0.4 is 10.2 Å². The molecule has 1 fully saturated rings. The van der Waals surface area contributed by atoms with E-state index >= 15 is 0 Å². The summed E-state index contributed by atoms with van der Waals surface area (Å²) in [6, 6.07) is 8.74. The summed E-state index contributed by atoms with van der Waals surface area (Å²) in [6.07, 6.45) is 2.93. The molecular formula is C15H24N2O. The molecule has 0 bridgehead atoms. The molecule has 18 heavy (non-hydrogen) atoms. The van der Waals surface area contributed by atoms with Gasteiger partial charge >= 0.3 is 0 Å². The molecule has 0 saturated heterocycles. The van der Waals surface area contributed by atoms with Crippen molar-refractivity contribution in [2.24, 2.45) is 0 Å². The lowest BCUT2D eigenvalue weighted by atomic mass is 10.2. The number of hydrogen-bond acceptors (Lipinski definition) is 3. The van der Waals surface area contributed by atoms with Gasteiger partial charge in [-0.15, -0.1) is 0 Å². The molecule has 0 amide bonds. The third kappa shape index (κ3) is 2.96. The molecule has 100 valence electrons. The molecule has 3 nitrogen and oxygen atoms in total. The minimum absolute atomic E-state index is 0.188. The molecule has 1 aromatic carbocycles. The van der Waals surface area contributed by atoms with Crippen LogP contribution in [0, 0.1) is 0 Å². The molecule has 0 radical (unpaired) electrons. The van der Waals surface area contributed by atoms with Gasteiger partial charge in [-0.2, -0.15) is 0 Å². The summed E-state index contributed by atoms with van der Waals surface area (Å²) < 4.78 is 0. The van der Waals surface area contributed by atoms with Crippen LogP contribution >= 0.6 is 0 Å². The van der Waals surface area contributed by atoms with Crippen molar-refractivity contribution in [3.63, 3.8) is 0 Å². The van der Waals surface area contributed by atoms with Gasteiger partial charge in [0, 0.05) is 24.5 Å². The Morgan fingerprint density at radius 1 is 1.17 bits per heavy atom. The Morgan fingerprint density at radius 3 is 2.33 bits per heavy atom. The van der Waals surface area contributed by atoms with Gasteiger partial charge in [0.05, 0.1) is 12.1 Å². The molecule has 2 unspecified atom stereocenters. The number of rotatable bonds is 5. The second-order valence-electron chi connectivity index (χ2n) is 4.97. The summed E-state index contributed by atoms with van der Waals surface area (Å²) in [7, 11) is 0. The fourth-order valence-corrected chi connectivity index (χ4v) is 2.68. The highest BCUT2D eigenvalue weighted by atomic mass is 16.3. The van der Waals surface area contributed by atoms with Crippen LogP contribution in [0.1, 0.15) is 33.1 Å². The normalized spacial score (nSPS) is 23.1. The monoisotopic (exact) mass is 248 g/mol. The second kappa shape index (κ2) is 6.10. The number of aliphatic hydroxyl groups is 1. The number of aliphatic hydroxyl groups excluding tert-OH is 1. The van der Waals surface area contributed by atoms with E-state index in [9.17, 15) is 5.11 Å². The maximum atomic E-state index is 9.80. The molecule has 1 aliphatic rings. The topological polar surface area (TPSA) is 35.5 Å². The SMILES string of the molecule is CCN(CC)c1ccc(NC2CCCC2O)cc1. The zero-order chi connectivity index (χ0) is 13.0. The highest BCUT2D eigenvalue weighted by molar-refractivity contribution is 5.55.